The Kier molecular flexibility index (Phi) is 5.07. The zero-order chi connectivity index (χ0) is 18.7. The molecule has 26 heavy (non-hydrogen) atoms. The van der Waals surface area contributed by atoms with E-state index in [-0.39, 0.29) is 5.91 Å². The lowest BCUT2D eigenvalue weighted by molar-refractivity contribution is 0.102. The van der Waals surface area contributed by atoms with Gasteiger partial charge in [-0.25, -0.2) is 4.68 Å². The number of amides is 1. The number of nitrogens with one attached hydrogen (secondary N) is 1. The number of hydrogen-bond acceptors (Lipinski definition) is 3. The van der Waals surface area contributed by atoms with E-state index in [1.165, 1.54) is 5.56 Å². The first-order valence-electron chi connectivity index (χ1n) is 8.64. The Morgan fingerprint density at radius 1 is 1.08 bits per heavy atom. The molecule has 0 aliphatic rings. The van der Waals surface area contributed by atoms with E-state index < -0.39 is 0 Å². The van der Waals surface area contributed by atoms with Gasteiger partial charge < -0.3 is 10.1 Å². The monoisotopic (exact) mass is 349 g/mol. The zero-order valence-electron chi connectivity index (χ0n) is 15.5. The van der Waals surface area contributed by atoms with Gasteiger partial charge >= 0.3 is 0 Å². The third kappa shape index (κ3) is 3.47. The number of aromatic nitrogens is 2. The van der Waals surface area contributed by atoms with Gasteiger partial charge in [-0.2, -0.15) is 5.10 Å². The van der Waals surface area contributed by atoms with Gasteiger partial charge in [-0.15, -0.1) is 0 Å². The molecule has 1 amide bonds. The molecule has 0 atom stereocenters. The van der Waals surface area contributed by atoms with E-state index in [0.717, 1.165) is 34.9 Å². The standard InChI is InChI=1S/C21H23N3O2/c1-5-20-14(2)23-24(15(20)3)18-10-6-16(7-11-18)21(25)22-17-8-12-19(26-4)13-9-17/h6-13H,5H2,1-4H3,(H,22,25). The van der Waals surface area contributed by atoms with Crippen LogP contribution in [-0.2, 0) is 6.42 Å². The number of benzene rings is 2. The summed E-state index contributed by atoms with van der Waals surface area (Å²) in [7, 11) is 1.61. The molecule has 5 nitrogen and oxygen atoms in total. The Morgan fingerprint density at radius 2 is 1.73 bits per heavy atom. The summed E-state index contributed by atoms with van der Waals surface area (Å²) in [6, 6.07) is 14.7. The molecule has 0 spiro atoms. The fourth-order valence-corrected chi connectivity index (χ4v) is 3.07. The molecule has 0 radical (unpaired) electrons. The second-order valence-corrected chi connectivity index (χ2v) is 6.14. The SMILES string of the molecule is CCc1c(C)nn(-c2ccc(C(=O)Nc3ccc(OC)cc3)cc2)c1C. The molecule has 0 unspecified atom stereocenters. The quantitative estimate of drug-likeness (QED) is 0.747. The summed E-state index contributed by atoms with van der Waals surface area (Å²) in [5.74, 6) is 0.605. The van der Waals surface area contributed by atoms with E-state index in [0.29, 0.717) is 5.56 Å². The summed E-state index contributed by atoms with van der Waals surface area (Å²) < 4.78 is 7.05. The molecule has 3 aromatic rings. The highest BCUT2D eigenvalue weighted by molar-refractivity contribution is 6.04. The Balaban J connectivity index is 1.77. The van der Waals surface area contributed by atoms with Crippen molar-refractivity contribution in [3.05, 3.63) is 71.0 Å². The molecule has 0 aliphatic heterocycles. The van der Waals surface area contributed by atoms with E-state index >= 15 is 0 Å². The second kappa shape index (κ2) is 7.44. The van der Waals surface area contributed by atoms with Crippen molar-refractivity contribution in [2.45, 2.75) is 27.2 Å². The van der Waals surface area contributed by atoms with Crippen molar-refractivity contribution >= 4 is 11.6 Å². The number of anilines is 1. The lowest BCUT2D eigenvalue weighted by Crippen LogP contribution is -2.12. The van der Waals surface area contributed by atoms with Crippen molar-refractivity contribution < 1.29 is 9.53 Å². The van der Waals surface area contributed by atoms with E-state index in [4.69, 9.17) is 4.74 Å². The highest BCUT2D eigenvalue weighted by atomic mass is 16.5. The molecule has 1 heterocycles. The highest BCUT2D eigenvalue weighted by Crippen LogP contribution is 2.20. The van der Waals surface area contributed by atoms with Gasteiger partial charge in [-0.05, 0) is 74.4 Å². The van der Waals surface area contributed by atoms with Crippen LogP contribution in [0.1, 0.15) is 34.2 Å². The Morgan fingerprint density at radius 3 is 2.27 bits per heavy atom. The van der Waals surface area contributed by atoms with Crippen molar-refractivity contribution in [2.75, 3.05) is 12.4 Å². The number of hydrogen-bond donors (Lipinski definition) is 1. The number of nitrogens with zero attached hydrogens (tertiary/aromatic N) is 2. The van der Waals surface area contributed by atoms with Crippen LogP contribution < -0.4 is 10.1 Å². The van der Waals surface area contributed by atoms with Crippen LogP contribution in [0.2, 0.25) is 0 Å². The number of carbonyl (C=O) groups is 1. The van der Waals surface area contributed by atoms with Crippen molar-refractivity contribution in [3.8, 4) is 11.4 Å². The van der Waals surface area contributed by atoms with Gasteiger partial charge in [0.05, 0.1) is 18.5 Å². The molecule has 3 rings (SSSR count). The third-order valence-corrected chi connectivity index (χ3v) is 4.52. The van der Waals surface area contributed by atoms with Gasteiger partial charge in [0, 0.05) is 16.9 Å². The first-order chi connectivity index (χ1) is 12.5. The van der Waals surface area contributed by atoms with E-state index in [1.54, 1.807) is 7.11 Å². The number of aryl methyl sites for hydroxylation is 1. The highest BCUT2D eigenvalue weighted by Gasteiger charge is 2.12. The maximum absolute atomic E-state index is 12.4. The minimum atomic E-state index is -0.149. The molecule has 134 valence electrons. The van der Waals surface area contributed by atoms with E-state index in [1.807, 2.05) is 60.1 Å². The molecule has 0 fully saturated rings. The minimum absolute atomic E-state index is 0.149. The van der Waals surface area contributed by atoms with E-state index in [9.17, 15) is 4.79 Å². The molecule has 0 saturated heterocycles. The van der Waals surface area contributed by atoms with Crippen molar-refractivity contribution in [1.29, 1.82) is 0 Å². The molecule has 1 N–H and O–H groups in total. The predicted molar refractivity (Wildman–Crippen MR) is 103 cm³/mol. The first kappa shape index (κ1) is 17.7. The molecule has 0 aliphatic carbocycles. The molecular weight excluding hydrogens is 326 g/mol. The average Bonchev–Trinajstić information content (AvgIpc) is 2.96. The van der Waals surface area contributed by atoms with Gasteiger partial charge in [-0.3, -0.25) is 4.79 Å². The molecule has 1 aromatic heterocycles. The summed E-state index contributed by atoms with van der Waals surface area (Å²) in [6.45, 7) is 6.23. The van der Waals surface area contributed by atoms with Gasteiger partial charge in [0.2, 0.25) is 0 Å². The summed E-state index contributed by atoms with van der Waals surface area (Å²) in [6.07, 6.45) is 0.958. The van der Waals surface area contributed by atoms with Crippen LogP contribution in [0.4, 0.5) is 5.69 Å². The number of rotatable bonds is 5. The van der Waals surface area contributed by atoms with Crippen LogP contribution >= 0.6 is 0 Å². The Hall–Kier alpha value is -3.08. The van der Waals surface area contributed by atoms with Crippen LogP contribution in [0.5, 0.6) is 5.75 Å². The minimum Gasteiger partial charge on any atom is -0.497 e. The van der Waals surface area contributed by atoms with Crippen LogP contribution in [0.25, 0.3) is 5.69 Å². The number of methoxy groups -OCH3 is 1. The summed E-state index contributed by atoms with van der Waals surface area (Å²) in [4.78, 5) is 12.4. The molecule has 5 heteroatoms. The van der Waals surface area contributed by atoms with Crippen LogP contribution in [-0.4, -0.2) is 22.8 Å². The zero-order valence-corrected chi connectivity index (χ0v) is 15.5. The largest absolute Gasteiger partial charge is 0.497 e. The Bertz CT molecular complexity index is 910. The van der Waals surface area contributed by atoms with Gasteiger partial charge in [0.15, 0.2) is 0 Å². The molecule has 2 aromatic carbocycles. The lowest BCUT2D eigenvalue weighted by atomic mass is 10.1. The smallest absolute Gasteiger partial charge is 0.255 e. The van der Waals surface area contributed by atoms with Crippen LogP contribution in [0, 0.1) is 13.8 Å². The third-order valence-electron chi connectivity index (χ3n) is 4.52. The number of carbonyl (C=O) groups excluding carboxylic acids is 1. The summed E-state index contributed by atoms with van der Waals surface area (Å²) in [5.41, 5.74) is 5.73. The summed E-state index contributed by atoms with van der Waals surface area (Å²) in [5, 5.41) is 7.50. The lowest BCUT2D eigenvalue weighted by Gasteiger charge is -2.08. The van der Waals surface area contributed by atoms with Gasteiger partial charge in [0.1, 0.15) is 5.75 Å². The second-order valence-electron chi connectivity index (χ2n) is 6.14. The summed E-state index contributed by atoms with van der Waals surface area (Å²) >= 11 is 0. The molecular formula is C21H23N3O2. The maximum Gasteiger partial charge on any atom is 0.255 e. The van der Waals surface area contributed by atoms with Crippen molar-refractivity contribution in [3.63, 3.8) is 0 Å². The van der Waals surface area contributed by atoms with Crippen LogP contribution in [0.3, 0.4) is 0 Å². The van der Waals surface area contributed by atoms with Crippen molar-refractivity contribution in [1.82, 2.24) is 9.78 Å². The average molecular weight is 349 g/mol. The normalized spacial score (nSPS) is 10.6. The van der Waals surface area contributed by atoms with E-state index in [2.05, 4.69) is 24.3 Å². The maximum atomic E-state index is 12.4. The number of ether oxygens (including phenoxy) is 1. The first-order valence-corrected chi connectivity index (χ1v) is 8.64. The van der Waals surface area contributed by atoms with Gasteiger partial charge in [0.25, 0.3) is 5.91 Å². The molecule has 0 saturated carbocycles. The van der Waals surface area contributed by atoms with Crippen molar-refractivity contribution in [2.24, 2.45) is 0 Å². The van der Waals surface area contributed by atoms with Gasteiger partial charge in [-0.1, -0.05) is 6.92 Å². The topological polar surface area (TPSA) is 56.2 Å². The predicted octanol–water partition coefficient (Wildman–Crippen LogP) is 4.31. The molecule has 0 bridgehead atoms. The fraction of sp³-hybridized carbons (Fsp3) is 0.238. The van der Waals surface area contributed by atoms with Crippen LogP contribution in [0.15, 0.2) is 48.5 Å². The Labute approximate surface area is 153 Å². The fourth-order valence-electron chi connectivity index (χ4n) is 3.07.